The van der Waals surface area contributed by atoms with Gasteiger partial charge in [-0.2, -0.15) is 4.98 Å². The van der Waals surface area contributed by atoms with Gasteiger partial charge in [0.2, 0.25) is 5.89 Å². The molecule has 92 valence electrons. The van der Waals surface area contributed by atoms with Gasteiger partial charge >= 0.3 is 0 Å². The van der Waals surface area contributed by atoms with E-state index in [1.54, 1.807) is 6.92 Å². The SMILES string of the molecule is CCC(CC)(CO)CNCc1nc(C)no1. The highest BCUT2D eigenvalue weighted by atomic mass is 16.5. The Morgan fingerprint density at radius 2 is 2.06 bits per heavy atom. The molecule has 0 amide bonds. The van der Waals surface area contributed by atoms with Crippen molar-refractivity contribution >= 4 is 0 Å². The Labute approximate surface area is 96.2 Å². The fourth-order valence-corrected chi connectivity index (χ4v) is 1.63. The Balaban J connectivity index is 2.39. The minimum Gasteiger partial charge on any atom is -0.396 e. The summed E-state index contributed by atoms with van der Waals surface area (Å²) in [6.07, 6.45) is 1.91. The van der Waals surface area contributed by atoms with Crippen LogP contribution < -0.4 is 5.32 Å². The van der Waals surface area contributed by atoms with Gasteiger partial charge in [-0.05, 0) is 19.8 Å². The van der Waals surface area contributed by atoms with Crippen molar-refractivity contribution in [3.8, 4) is 0 Å². The molecule has 1 rings (SSSR count). The van der Waals surface area contributed by atoms with E-state index in [1.807, 2.05) is 0 Å². The average molecular weight is 227 g/mol. The third-order valence-corrected chi connectivity index (χ3v) is 3.18. The lowest BCUT2D eigenvalue weighted by Crippen LogP contribution is -2.36. The number of hydrogen-bond acceptors (Lipinski definition) is 5. The number of aromatic nitrogens is 2. The largest absolute Gasteiger partial charge is 0.396 e. The van der Waals surface area contributed by atoms with E-state index in [1.165, 1.54) is 0 Å². The van der Waals surface area contributed by atoms with Gasteiger partial charge in [0.1, 0.15) is 0 Å². The summed E-state index contributed by atoms with van der Waals surface area (Å²) in [6, 6.07) is 0. The molecule has 0 atom stereocenters. The molecule has 0 saturated heterocycles. The van der Waals surface area contributed by atoms with Crippen LogP contribution in [0.1, 0.15) is 38.4 Å². The van der Waals surface area contributed by atoms with Crippen LogP contribution in [0.15, 0.2) is 4.52 Å². The van der Waals surface area contributed by atoms with Crippen LogP contribution in [0, 0.1) is 12.3 Å². The molecule has 5 heteroatoms. The molecule has 1 aromatic heterocycles. The first-order chi connectivity index (χ1) is 7.65. The lowest BCUT2D eigenvalue weighted by molar-refractivity contribution is 0.112. The first-order valence-electron chi connectivity index (χ1n) is 5.76. The van der Waals surface area contributed by atoms with Gasteiger partial charge in [0.25, 0.3) is 0 Å². The van der Waals surface area contributed by atoms with Crippen molar-refractivity contribution in [2.75, 3.05) is 13.2 Å². The van der Waals surface area contributed by atoms with Crippen LogP contribution in [-0.2, 0) is 6.54 Å². The zero-order valence-electron chi connectivity index (χ0n) is 10.3. The normalized spacial score (nSPS) is 12.0. The third-order valence-electron chi connectivity index (χ3n) is 3.18. The highest BCUT2D eigenvalue weighted by molar-refractivity contribution is 4.84. The minimum absolute atomic E-state index is 0.0327. The summed E-state index contributed by atoms with van der Waals surface area (Å²) < 4.78 is 4.99. The fraction of sp³-hybridized carbons (Fsp3) is 0.818. The molecule has 1 heterocycles. The monoisotopic (exact) mass is 227 g/mol. The van der Waals surface area contributed by atoms with E-state index >= 15 is 0 Å². The molecule has 2 N–H and O–H groups in total. The molecule has 5 nitrogen and oxygen atoms in total. The molecule has 0 aliphatic heterocycles. The summed E-state index contributed by atoms with van der Waals surface area (Å²) in [4.78, 5) is 4.10. The molecule has 0 fully saturated rings. The Morgan fingerprint density at radius 3 is 2.50 bits per heavy atom. The van der Waals surface area contributed by atoms with Crippen molar-refractivity contribution in [1.29, 1.82) is 0 Å². The predicted octanol–water partition coefficient (Wildman–Crippen LogP) is 1.27. The van der Waals surface area contributed by atoms with Crippen LogP contribution >= 0.6 is 0 Å². The number of hydrogen-bond donors (Lipinski definition) is 2. The van der Waals surface area contributed by atoms with E-state index in [0.717, 1.165) is 19.4 Å². The second-order valence-corrected chi connectivity index (χ2v) is 4.20. The van der Waals surface area contributed by atoms with Crippen LogP contribution in [0.25, 0.3) is 0 Å². The maximum absolute atomic E-state index is 9.39. The standard InChI is InChI=1S/C11H21N3O2/c1-4-11(5-2,8-15)7-12-6-10-13-9(3)14-16-10/h12,15H,4-8H2,1-3H3. The second-order valence-electron chi connectivity index (χ2n) is 4.20. The van der Waals surface area contributed by atoms with Gasteiger partial charge < -0.3 is 14.9 Å². The van der Waals surface area contributed by atoms with E-state index in [4.69, 9.17) is 4.52 Å². The summed E-state index contributed by atoms with van der Waals surface area (Å²) >= 11 is 0. The molecule has 0 unspecified atom stereocenters. The maximum Gasteiger partial charge on any atom is 0.240 e. The lowest BCUT2D eigenvalue weighted by atomic mass is 9.83. The molecule has 0 saturated carbocycles. The highest BCUT2D eigenvalue weighted by Crippen LogP contribution is 2.24. The van der Waals surface area contributed by atoms with Crippen LogP contribution in [0.2, 0.25) is 0 Å². The van der Waals surface area contributed by atoms with Crippen LogP contribution in [0.5, 0.6) is 0 Å². The fourth-order valence-electron chi connectivity index (χ4n) is 1.63. The van der Waals surface area contributed by atoms with E-state index in [9.17, 15) is 5.11 Å². The van der Waals surface area contributed by atoms with Crippen LogP contribution in [0.3, 0.4) is 0 Å². The van der Waals surface area contributed by atoms with Crippen molar-refractivity contribution in [2.24, 2.45) is 5.41 Å². The van der Waals surface area contributed by atoms with Gasteiger partial charge in [-0.1, -0.05) is 19.0 Å². The van der Waals surface area contributed by atoms with Crippen LogP contribution in [-0.4, -0.2) is 28.4 Å². The Kier molecular flexibility index (Phi) is 4.89. The zero-order chi connectivity index (χ0) is 12.0. The molecule has 0 aliphatic rings. The number of rotatable bonds is 7. The van der Waals surface area contributed by atoms with Gasteiger partial charge in [-0.25, -0.2) is 0 Å². The number of aryl methyl sites for hydroxylation is 1. The van der Waals surface area contributed by atoms with Gasteiger partial charge in [0.15, 0.2) is 5.82 Å². The lowest BCUT2D eigenvalue weighted by Gasteiger charge is -2.29. The third kappa shape index (κ3) is 3.28. The van der Waals surface area contributed by atoms with Gasteiger partial charge in [-0.15, -0.1) is 0 Å². The van der Waals surface area contributed by atoms with Gasteiger partial charge in [-0.3, -0.25) is 0 Å². The topological polar surface area (TPSA) is 71.2 Å². The number of nitrogens with zero attached hydrogens (tertiary/aromatic N) is 2. The summed E-state index contributed by atoms with van der Waals surface area (Å²) in [5.41, 5.74) is -0.0327. The smallest absolute Gasteiger partial charge is 0.240 e. The Morgan fingerprint density at radius 1 is 1.38 bits per heavy atom. The number of aliphatic hydroxyl groups is 1. The van der Waals surface area contributed by atoms with E-state index in [-0.39, 0.29) is 12.0 Å². The first-order valence-corrected chi connectivity index (χ1v) is 5.76. The maximum atomic E-state index is 9.39. The highest BCUT2D eigenvalue weighted by Gasteiger charge is 2.24. The molecule has 0 aliphatic carbocycles. The molecule has 0 spiro atoms. The van der Waals surface area contributed by atoms with Crippen molar-refractivity contribution < 1.29 is 9.63 Å². The predicted molar refractivity (Wildman–Crippen MR) is 60.8 cm³/mol. The second kappa shape index (κ2) is 5.96. The Hall–Kier alpha value is -0.940. The molecular weight excluding hydrogens is 206 g/mol. The quantitative estimate of drug-likeness (QED) is 0.734. The number of nitrogens with one attached hydrogen (secondary N) is 1. The zero-order valence-corrected chi connectivity index (χ0v) is 10.3. The molecular formula is C11H21N3O2. The van der Waals surface area contributed by atoms with E-state index in [2.05, 4.69) is 29.3 Å². The minimum atomic E-state index is -0.0327. The molecule has 0 bridgehead atoms. The van der Waals surface area contributed by atoms with Crippen LogP contribution in [0.4, 0.5) is 0 Å². The van der Waals surface area contributed by atoms with E-state index in [0.29, 0.717) is 18.3 Å². The molecule has 1 aromatic rings. The number of aliphatic hydroxyl groups excluding tert-OH is 1. The molecule has 0 aromatic carbocycles. The van der Waals surface area contributed by atoms with Crippen molar-refractivity contribution in [3.63, 3.8) is 0 Å². The summed E-state index contributed by atoms with van der Waals surface area (Å²) in [5.74, 6) is 1.24. The average Bonchev–Trinajstić information content (AvgIpc) is 2.71. The van der Waals surface area contributed by atoms with Gasteiger partial charge in [0, 0.05) is 18.6 Å². The first kappa shape index (κ1) is 13.1. The summed E-state index contributed by atoms with van der Waals surface area (Å²) in [7, 11) is 0. The summed E-state index contributed by atoms with van der Waals surface area (Å²) in [6.45, 7) is 7.51. The molecule has 0 radical (unpaired) electrons. The van der Waals surface area contributed by atoms with Crippen molar-refractivity contribution in [3.05, 3.63) is 11.7 Å². The van der Waals surface area contributed by atoms with Crippen molar-refractivity contribution in [2.45, 2.75) is 40.2 Å². The summed E-state index contributed by atoms with van der Waals surface area (Å²) in [5, 5.41) is 16.4. The molecule has 16 heavy (non-hydrogen) atoms. The Bertz CT molecular complexity index is 300. The van der Waals surface area contributed by atoms with Gasteiger partial charge in [0.05, 0.1) is 6.54 Å². The van der Waals surface area contributed by atoms with E-state index < -0.39 is 0 Å². The van der Waals surface area contributed by atoms with Crippen molar-refractivity contribution in [1.82, 2.24) is 15.5 Å².